The molecule has 1 nitrogen and oxygen atoms in total. The lowest BCUT2D eigenvalue weighted by molar-refractivity contribution is 0.479. The predicted molar refractivity (Wildman–Crippen MR) is 80.3 cm³/mol. The minimum atomic E-state index is 0.433. The van der Waals surface area contributed by atoms with E-state index in [9.17, 15) is 0 Å². The molecule has 4 heteroatoms. The van der Waals surface area contributed by atoms with E-state index in [2.05, 4.69) is 22.0 Å². The predicted octanol–water partition coefficient (Wildman–Crippen LogP) is 5.99. The number of ether oxygens (including phenoxy) is 1. The van der Waals surface area contributed by atoms with Gasteiger partial charge in [0.2, 0.25) is 0 Å². The molecule has 0 amide bonds. The molecule has 2 aromatic carbocycles. The van der Waals surface area contributed by atoms with E-state index in [4.69, 9.17) is 27.9 Å². The average molecular weight is 346 g/mol. The zero-order valence-electron chi connectivity index (χ0n) is 9.71. The number of hydrogen-bond acceptors (Lipinski definition) is 1. The summed E-state index contributed by atoms with van der Waals surface area (Å²) in [7, 11) is 0. The summed E-state index contributed by atoms with van der Waals surface area (Å²) in [4.78, 5) is 0. The van der Waals surface area contributed by atoms with Crippen molar-refractivity contribution in [3.8, 4) is 11.5 Å². The molecule has 94 valence electrons. The van der Waals surface area contributed by atoms with Crippen molar-refractivity contribution in [2.75, 3.05) is 0 Å². The third kappa shape index (κ3) is 3.00. The molecular formula is C14H11BrCl2O. The second-order valence-corrected chi connectivity index (χ2v) is 5.23. The van der Waals surface area contributed by atoms with Gasteiger partial charge in [0.25, 0.3) is 0 Å². The molecule has 0 N–H and O–H groups in total. The van der Waals surface area contributed by atoms with E-state index in [1.807, 2.05) is 25.1 Å². The smallest absolute Gasteiger partial charge is 0.147 e. The number of alkyl halides is 1. The lowest BCUT2D eigenvalue weighted by atomic mass is 10.1. The Balaban J connectivity index is 2.31. The molecule has 2 aromatic rings. The first-order valence-corrected chi connectivity index (χ1v) is 7.27. The van der Waals surface area contributed by atoms with Crippen LogP contribution in [0.3, 0.4) is 0 Å². The molecule has 0 aliphatic heterocycles. The van der Waals surface area contributed by atoms with Crippen molar-refractivity contribution >= 4 is 39.1 Å². The summed E-state index contributed by atoms with van der Waals surface area (Å²) < 4.78 is 5.79. The summed E-state index contributed by atoms with van der Waals surface area (Å²) in [5, 5.41) is 1.75. The monoisotopic (exact) mass is 344 g/mol. The van der Waals surface area contributed by atoms with Crippen LogP contribution in [0.15, 0.2) is 36.4 Å². The highest BCUT2D eigenvalue weighted by Crippen LogP contribution is 2.35. The van der Waals surface area contributed by atoms with Crippen LogP contribution in [0, 0.1) is 6.92 Å². The molecule has 0 atom stereocenters. The van der Waals surface area contributed by atoms with Gasteiger partial charge in [0.05, 0.1) is 5.02 Å². The minimum absolute atomic E-state index is 0.433. The summed E-state index contributed by atoms with van der Waals surface area (Å²) in [6, 6.07) is 11.4. The number of rotatable bonds is 3. The van der Waals surface area contributed by atoms with Gasteiger partial charge in [-0.25, -0.2) is 0 Å². The van der Waals surface area contributed by atoms with Crippen molar-refractivity contribution in [3.63, 3.8) is 0 Å². The summed E-state index contributed by atoms with van der Waals surface area (Å²) in [6.45, 7) is 2.00. The van der Waals surface area contributed by atoms with E-state index in [0.717, 1.165) is 16.6 Å². The fourth-order valence-electron chi connectivity index (χ4n) is 1.59. The second kappa shape index (κ2) is 5.96. The fourth-order valence-corrected chi connectivity index (χ4v) is 2.27. The number of halogens is 3. The van der Waals surface area contributed by atoms with Gasteiger partial charge >= 0.3 is 0 Å². The average Bonchev–Trinajstić information content (AvgIpc) is 2.37. The Labute approximate surface area is 125 Å². The molecule has 0 spiro atoms. The van der Waals surface area contributed by atoms with Crippen LogP contribution in [0.5, 0.6) is 11.5 Å². The van der Waals surface area contributed by atoms with Crippen LogP contribution in [0.4, 0.5) is 0 Å². The maximum atomic E-state index is 6.09. The highest BCUT2D eigenvalue weighted by Gasteiger charge is 2.08. The Morgan fingerprint density at radius 2 is 1.89 bits per heavy atom. The molecule has 0 fully saturated rings. The minimum Gasteiger partial charge on any atom is -0.455 e. The van der Waals surface area contributed by atoms with Crippen molar-refractivity contribution < 1.29 is 4.74 Å². The van der Waals surface area contributed by atoms with Crippen LogP contribution >= 0.6 is 39.1 Å². The van der Waals surface area contributed by atoms with Crippen LogP contribution in [0.1, 0.15) is 11.1 Å². The largest absolute Gasteiger partial charge is 0.455 e. The maximum Gasteiger partial charge on any atom is 0.147 e. The zero-order chi connectivity index (χ0) is 13.1. The molecule has 0 heterocycles. The molecule has 0 aliphatic rings. The van der Waals surface area contributed by atoms with Crippen molar-refractivity contribution in [1.29, 1.82) is 0 Å². The molecule has 0 aliphatic carbocycles. The highest BCUT2D eigenvalue weighted by atomic mass is 79.9. The topological polar surface area (TPSA) is 9.23 Å². The van der Waals surface area contributed by atoms with Crippen molar-refractivity contribution in [2.45, 2.75) is 12.3 Å². The molecular weight excluding hydrogens is 335 g/mol. The van der Waals surface area contributed by atoms with Gasteiger partial charge in [-0.3, -0.25) is 0 Å². The van der Waals surface area contributed by atoms with Crippen molar-refractivity contribution in [2.24, 2.45) is 0 Å². The second-order valence-electron chi connectivity index (χ2n) is 3.89. The Morgan fingerprint density at radius 3 is 2.56 bits per heavy atom. The van der Waals surface area contributed by atoms with E-state index >= 15 is 0 Å². The molecule has 0 radical (unpaired) electrons. The normalized spacial score (nSPS) is 10.4. The first kappa shape index (κ1) is 13.7. The fraction of sp³-hybridized carbons (Fsp3) is 0.143. The third-order valence-corrected chi connectivity index (χ3v) is 3.98. The Kier molecular flexibility index (Phi) is 4.55. The van der Waals surface area contributed by atoms with Crippen LogP contribution < -0.4 is 4.74 Å². The van der Waals surface area contributed by atoms with Gasteiger partial charge in [0, 0.05) is 5.33 Å². The number of benzene rings is 2. The van der Waals surface area contributed by atoms with Gasteiger partial charge in [-0.2, -0.15) is 0 Å². The van der Waals surface area contributed by atoms with Crippen molar-refractivity contribution in [3.05, 3.63) is 57.6 Å². The van der Waals surface area contributed by atoms with Gasteiger partial charge < -0.3 is 4.74 Å². The van der Waals surface area contributed by atoms with E-state index in [1.165, 1.54) is 5.56 Å². The van der Waals surface area contributed by atoms with E-state index < -0.39 is 0 Å². The van der Waals surface area contributed by atoms with Crippen LogP contribution in [0.2, 0.25) is 10.0 Å². The zero-order valence-corrected chi connectivity index (χ0v) is 12.8. The summed E-state index contributed by atoms with van der Waals surface area (Å²) in [6.07, 6.45) is 0. The summed E-state index contributed by atoms with van der Waals surface area (Å²) in [5.41, 5.74) is 2.26. The van der Waals surface area contributed by atoms with Crippen LogP contribution in [0.25, 0.3) is 0 Å². The lowest BCUT2D eigenvalue weighted by Gasteiger charge is -2.11. The highest BCUT2D eigenvalue weighted by molar-refractivity contribution is 9.08. The lowest BCUT2D eigenvalue weighted by Crippen LogP contribution is -1.90. The van der Waals surface area contributed by atoms with Gasteiger partial charge in [-0.15, -0.1) is 0 Å². The van der Waals surface area contributed by atoms with Crippen molar-refractivity contribution in [1.82, 2.24) is 0 Å². The summed E-state index contributed by atoms with van der Waals surface area (Å²) in [5.74, 6) is 1.35. The maximum absolute atomic E-state index is 6.09. The third-order valence-electron chi connectivity index (χ3n) is 2.53. The van der Waals surface area contributed by atoms with Gasteiger partial charge in [0.1, 0.15) is 16.5 Å². The number of aryl methyl sites for hydroxylation is 1. The van der Waals surface area contributed by atoms with Crippen LogP contribution in [-0.4, -0.2) is 0 Å². The quantitative estimate of drug-likeness (QED) is 0.621. The number of hydrogen-bond donors (Lipinski definition) is 0. The Morgan fingerprint density at radius 1 is 1.11 bits per heavy atom. The summed E-state index contributed by atoms with van der Waals surface area (Å²) >= 11 is 15.5. The van der Waals surface area contributed by atoms with E-state index in [1.54, 1.807) is 12.1 Å². The molecule has 0 unspecified atom stereocenters. The van der Waals surface area contributed by atoms with Crippen LogP contribution in [-0.2, 0) is 5.33 Å². The van der Waals surface area contributed by atoms with Gasteiger partial charge in [0.15, 0.2) is 0 Å². The van der Waals surface area contributed by atoms with Gasteiger partial charge in [-0.1, -0.05) is 57.3 Å². The molecule has 0 aromatic heterocycles. The Hall–Kier alpha value is -0.700. The molecule has 0 saturated carbocycles. The van der Waals surface area contributed by atoms with E-state index in [-0.39, 0.29) is 0 Å². The van der Waals surface area contributed by atoms with E-state index in [0.29, 0.717) is 15.8 Å². The molecule has 2 rings (SSSR count). The standard InChI is InChI=1S/C14H11BrCl2O/c1-9-7-10(8-15)5-6-12(9)18-13-4-2-3-11(16)14(13)17/h2-7H,8H2,1H3. The van der Waals surface area contributed by atoms with Gasteiger partial charge in [-0.05, 0) is 36.2 Å². The Bertz CT molecular complexity index is 570. The molecule has 0 saturated heterocycles. The molecule has 18 heavy (non-hydrogen) atoms. The first-order valence-electron chi connectivity index (χ1n) is 5.39. The SMILES string of the molecule is Cc1cc(CBr)ccc1Oc1cccc(Cl)c1Cl. The molecule has 0 bridgehead atoms. The first-order chi connectivity index (χ1) is 8.61.